The Labute approximate surface area is 162 Å². The maximum Gasteiger partial charge on any atom is 0.311 e. The second-order valence-electron chi connectivity index (χ2n) is 7.07. The lowest BCUT2D eigenvalue weighted by Crippen LogP contribution is -2.35. The van der Waals surface area contributed by atoms with E-state index in [0.717, 1.165) is 0 Å². The summed E-state index contributed by atoms with van der Waals surface area (Å²) in [5, 5.41) is 12.1. The molecule has 1 heterocycles. The van der Waals surface area contributed by atoms with Crippen molar-refractivity contribution in [3.8, 4) is 5.75 Å². The highest BCUT2D eigenvalue weighted by atomic mass is 16.5. The lowest BCUT2D eigenvalue weighted by atomic mass is 9.90. The molecule has 146 valence electrons. The molecule has 0 aliphatic carbocycles. The Morgan fingerprint density at radius 2 is 1.79 bits per heavy atom. The number of methoxy groups -OCH3 is 1. The van der Waals surface area contributed by atoms with E-state index in [2.05, 4.69) is 5.32 Å². The van der Waals surface area contributed by atoms with E-state index in [0.29, 0.717) is 35.5 Å². The molecule has 0 saturated carbocycles. The largest absolute Gasteiger partial charge is 0.497 e. The number of amides is 2. The third-order valence-electron chi connectivity index (χ3n) is 5.03. The van der Waals surface area contributed by atoms with Crippen molar-refractivity contribution in [1.82, 2.24) is 4.90 Å². The highest BCUT2D eigenvalue weighted by molar-refractivity contribution is 6.09. The fourth-order valence-electron chi connectivity index (χ4n) is 3.19. The van der Waals surface area contributed by atoms with Crippen LogP contribution in [0.5, 0.6) is 5.75 Å². The van der Waals surface area contributed by atoms with E-state index in [1.165, 1.54) is 4.90 Å². The number of hydrogen-bond donors (Lipinski definition) is 2. The van der Waals surface area contributed by atoms with Gasteiger partial charge in [0.1, 0.15) is 5.75 Å². The minimum absolute atomic E-state index is 0.141. The van der Waals surface area contributed by atoms with Gasteiger partial charge in [0, 0.05) is 18.7 Å². The van der Waals surface area contributed by atoms with Gasteiger partial charge in [-0.2, -0.15) is 0 Å². The van der Waals surface area contributed by atoms with Crippen LogP contribution in [0, 0.1) is 5.41 Å². The smallest absolute Gasteiger partial charge is 0.311 e. The van der Waals surface area contributed by atoms with Crippen molar-refractivity contribution in [3.63, 3.8) is 0 Å². The lowest BCUT2D eigenvalue weighted by molar-refractivity contribution is -0.147. The fraction of sp³-hybridized carbons (Fsp3) is 0.286. The van der Waals surface area contributed by atoms with Crippen molar-refractivity contribution in [1.29, 1.82) is 0 Å². The first-order chi connectivity index (χ1) is 13.3. The third-order valence-corrected chi connectivity index (χ3v) is 5.03. The Kier molecular flexibility index (Phi) is 5.35. The number of carbonyl (C=O) groups excluding carboxylic acids is 2. The van der Waals surface area contributed by atoms with Gasteiger partial charge in [-0.3, -0.25) is 14.4 Å². The van der Waals surface area contributed by atoms with Crippen LogP contribution in [-0.4, -0.2) is 48.0 Å². The summed E-state index contributed by atoms with van der Waals surface area (Å²) in [6.45, 7) is 2.14. The lowest BCUT2D eigenvalue weighted by Gasteiger charge is -2.21. The van der Waals surface area contributed by atoms with Gasteiger partial charge < -0.3 is 20.1 Å². The maximum atomic E-state index is 12.9. The summed E-state index contributed by atoms with van der Waals surface area (Å²) < 4.78 is 5.08. The number of ether oxygens (including phenoxy) is 1. The number of para-hydroxylation sites is 1. The van der Waals surface area contributed by atoms with Crippen LogP contribution in [0.25, 0.3) is 0 Å². The molecule has 7 nitrogen and oxygen atoms in total. The van der Waals surface area contributed by atoms with Crippen molar-refractivity contribution in [2.45, 2.75) is 13.3 Å². The molecule has 0 bridgehead atoms. The number of rotatable bonds is 5. The number of carboxylic acids is 1. The Morgan fingerprint density at radius 3 is 2.39 bits per heavy atom. The van der Waals surface area contributed by atoms with Crippen molar-refractivity contribution in [2.24, 2.45) is 5.41 Å². The van der Waals surface area contributed by atoms with E-state index in [9.17, 15) is 19.5 Å². The van der Waals surface area contributed by atoms with Crippen LogP contribution in [0.2, 0.25) is 0 Å². The number of nitrogens with zero attached hydrogens (tertiary/aromatic N) is 1. The molecule has 3 rings (SSSR count). The molecule has 1 aliphatic heterocycles. The van der Waals surface area contributed by atoms with Crippen LogP contribution in [0.15, 0.2) is 48.5 Å². The standard InChI is InChI=1S/C21H22N2O5/c1-21(20(26)27)11-12-23(13-21)19(25)16-5-3-4-6-17(16)22-18(24)14-7-9-15(28-2)10-8-14/h3-10H,11-13H2,1-2H3,(H,22,24)(H,26,27). The zero-order valence-corrected chi connectivity index (χ0v) is 15.8. The molecule has 2 amide bonds. The van der Waals surface area contributed by atoms with Crippen molar-refractivity contribution in [3.05, 3.63) is 59.7 Å². The summed E-state index contributed by atoms with van der Waals surface area (Å²) in [5.74, 6) is -0.915. The molecule has 2 aromatic carbocycles. The zero-order chi connectivity index (χ0) is 20.3. The number of carbonyl (C=O) groups is 3. The van der Waals surface area contributed by atoms with Gasteiger partial charge in [0.05, 0.1) is 23.8 Å². The van der Waals surface area contributed by atoms with Gasteiger partial charge in [-0.05, 0) is 49.7 Å². The van der Waals surface area contributed by atoms with Gasteiger partial charge in [-0.15, -0.1) is 0 Å². The number of likely N-dealkylation sites (tertiary alicyclic amines) is 1. The van der Waals surface area contributed by atoms with Crippen LogP contribution in [-0.2, 0) is 4.79 Å². The SMILES string of the molecule is COc1ccc(C(=O)Nc2ccccc2C(=O)N2CCC(C)(C(=O)O)C2)cc1. The minimum Gasteiger partial charge on any atom is -0.497 e. The van der Waals surface area contributed by atoms with Crippen molar-refractivity contribution >= 4 is 23.5 Å². The highest BCUT2D eigenvalue weighted by Crippen LogP contribution is 2.32. The third kappa shape index (κ3) is 3.83. The van der Waals surface area contributed by atoms with Gasteiger partial charge >= 0.3 is 5.97 Å². The Morgan fingerprint density at radius 1 is 1.11 bits per heavy atom. The second-order valence-corrected chi connectivity index (χ2v) is 7.07. The molecule has 1 unspecified atom stereocenters. The second kappa shape index (κ2) is 7.72. The normalized spacial score (nSPS) is 18.6. The van der Waals surface area contributed by atoms with Crippen LogP contribution >= 0.6 is 0 Å². The predicted octanol–water partition coefficient (Wildman–Crippen LogP) is 2.88. The van der Waals surface area contributed by atoms with Crippen molar-refractivity contribution < 1.29 is 24.2 Å². The molecule has 1 saturated heterocycles. The summed E-state index contributed by atoms with van der Waals surface area (Å²) in [6, 6.07) is 13.4. The number of benzene rings is 2. The fourth-order valence-corrected chi connectivity index (χ4v) is 3.19. The molecule has 2 aromatic rings. The quantitative estimate of drug-likeness (QED) is 0.829. The van der Waals surface area contributed by atoms with Crippen LogP contribution < -0.4 is 10.1 Å². The molecular formula is C21H22N2O5. The summed E-state index contributed by atoms with van der Waals surface area (Å²) in [7, 11) is 1.55. The van der Waals surface area contributed by atoms with Gasteiger partial charge in [-0.25, -0.2) is 0 Å². The van der Waals surface area contributed by atoms with Crippen LogP contribution in [0.4, 0.5) is 5.69 Å². The Balaban J connectivity index is 1.78. The van der Waals surface area contributed by atoms with E-state index in [1.54, 1.807) is 62.6 Å². The first-order valence-electron chi connectivity index (χ1n) is 8.91. The first-order valence-corrected chi connectivity index (χ1v) is 8.91. The molecule has 1 aliphatic rings. The summed E-state index contributed by atoms with van der Waals surface area (Å²) in [6.07, 6.45) is 0.397. The van der Waals surface area contributed by atoms with E-state index in [4.69, 9.17) is 4.74 Å². The topological polar surface area (TPSA) is 95.9 Å². The monoisotopic (exact) mass is 382 g/mol. The summed E-state index contributed by atoms with van der Waals surface area (Å²) in [4.78, 5) is 38.5. The summed E-state index contributed by atoms with van der Waals surface area (Å²) >= 11 is 0. The zero-order valence-electron chi connectivity index (χ0n) is 15.8. The molecule has 0 spiro atoms. The Hall–Kier alpha value is -3.35. The summed E-state index contributed by atoms with van der Waals surface area (Å²) in [5.41, 5.74) is 0.204. The molecule has 1 fully saturated rings. The molecule has 1 atom stereocenters. The maximum absolute atomic E-state index is 12.9. The Bertz CT molecular complexity index is 909. The average molecular weight is 382 g/mol. The predicted molar refractivity (Wildman–Crippen MR) is 104 cm³/mol. The number of carboxylic acid groups (broad SMARTS) is 1. The number of nitrogens with one attached hydrogen (secondary N) is 1. The average Bonchev–Trinajstić information content (AvgIpc) is 3.11. The van der Waals surface area contributed by atoms with Gasteiger partial charge in [0.2, 0.25) is 0 Å². The van der Waals surface area contributed by atoms with E-state index < -0.39 is 11.4 Å². The highest BCUT2D eigenvalue weighted by Gasteiger charge is 2.42. The van der Waals surface area contributed by atoms with Gasteiger partial charge in [0.25, 0.3) is 11.8 Å². The first kappa shape index (κ1) is 19.4. The number of anilines is 1. The van der Waals surface area contributed by atoms with E-state index in [1.807, 2.05) is 0 Å². The molecule has 2 N–H and O–H groups in total. The van der Waals surface area contributed by atoms with E-state index >= 15 is 0 Å². The van der Waals surface area contributed by atoms with Gasteiger partial charge in [0.15, 0.2) is 0 Å². The molecule has 0 aromatic heterocycles. The molecular weight excluding hydrogens is 360 g/mol. The minimum atomic E-state index is -0.947. The molecule has 7 heteroatoms. The van der Waals surface area contributed by atoms with Crippen molar-refractivity contribution in [2.75, 3.05) is 25.5 Å². The number of hydrogen-bond acceptors (Lipinski definition) is 4. The van der Waals surface area contributed by atoms with E-state index in [-0.39, 0.29) is 18.4 Å². The molecule has 0 radical (unpaired) electrons. The van der Waals surface area contributed by atoms with Crippen LogP contribution in [0.3, 0.4) is 0 Å². The van der Waals surface area contributed by atoms with Crippen LogP contribution in [0.1, 0.15) is 34.1 Å². The molecule has 28 heavy (non-hydrogen) atoms. The number of aliphatic carboxylic acids is 1. The van der Waals surface area contributed by atoms with Gasteiger partial charge in [-0.1, -0.05) is 12.1 Å².